The minimum absolute atomic E-state index is 0.122. The van der Waals surface area contributed by atoms with E-state index in [9.17, 15) is 4.79 Å². The molecule has 0 amide bonds. The van der Waals surface area contributed by atoms with Crippen molar-refractivity contribution in [2.45, 2.75) is 38.3 Å². The van der Waals surface area contributed by atoms with Crippen molar-refractivity contribution in [2.75, 3.05) is 20.3 Å². The number of ether oxygens (including phenoxy) is 1. The highest BCUT2D eigenvalue weighted by Crippen LogP contribution is 2.15. The molecular weight excluding hydrogens is 198 g/mol. The van der Waals surface area contributed by atoms with E-state index >= 15 is 0 Å². The minimum Gasteiger partial charge on any atom is -0.480 e. The van der Waals surface area contributed by atoms with Crippen molar-refractivity contribution in [3.05, 3.63) is 0 Å². The number of methoxy groups -OCH3 is 1. The van der Waals surface area contributed by atoms with Gasteiger partial charge in [-0.15, -0.1) is 0 Å². The van der Waals surface area contributed by atoms with E-state index in [4.69, 9.17) is 14.9 Å². The molecule has 0 aliphatic carbocycles. The van der Waals surface area contributed by atoms with Gasteiger partial charge < -0.3 is 14.9 Å². The third kappa shape index (κ3) is 4.59. The zero-order valence-electron chi connectivity index (χ0n) is 9.83. The van der Waals surface area contributed by atoms with Crippen LogP contribution in [0.2, 0.25) is 0 Å². The molecular formula is C10H21NO4. The number of aliphatic carboxylic acids is 1. The average Bonchev–Trinajstić information content (AvgIpc) is 2.14. The summed E-state index contributed by atoms with van der Waals surface area (Å²) in [6.45, 7) is 5.33. The summed E-state index contributed by atoms with van der Waals surface area (Å²) in [7, 11) is 1.53. The molecule has 0 aromatic heterocycles. The van der Waals surface area contributed by atoms with E-state index in [1.165, 1.54) is 7.11 Å². The Balaban J connectivity index is 4.58. The first-order valence-electron chi connectivity index (χ1n) is 4.90. The summed E-state index contributed by atoms with van der Waals surface area (Å²) in [6, 6.07) is 0. The smallest absolute Gasteiger partial charge is 0.323 e. The van der Waals surface area contributed by atoms with Crippen LogP contribution in [0.3, 0.4) is 0 Å². The van der Waals surface area contributed by atoms with E-state index in [1.807, 2.05) is 0 Å². The topological polar surface area (TPSA) is 78.8 Å². The molecule has 1 atom stereocenters. The third-order valence-corrected chi connectivity index (χ3v) is 2.29. The number of aliphatic hydroxyl groups excluding tert-OH is 1. The first-order chi connectivity index (χ1) is 6.77. The summed E-state index contributed by atoms with van der Waals surface area (Å²) >= 11 is 0. The van der Waals surface area contributed by atoms with Crippen molar-refractivity contribution in [1.29, 1.82) is 0 Å². The van der Waals surface area contributed by atoms with E-state index in [0.717, 1.165) is 0 Å². The molecule has 0 fully saturated rings. The fourth-order valence-corrected chi connectivity index (χ4v) is 1.32. The van der Waals surface area contributed by atoms with Gasteiger partial charge in [-0.05, 0) is 27.2 Å². The van der Waals surface area contributed by atoms with E-state index in [0.29, 0.717) is 13.0 Å². The van der Waals surface area contributed by atoms with Gasteiger partial charge in [-0.1, -0.05) is 0 Å². The molecule has 0 radical (unpaired) electrons. The molecule has 0 heterocycles. The van der Waals surface area contributed by atoms with Crippen LogP contribution >= 0.6 is 0 Å². The molecule has 0 aliphatic rings. The molecule has 90 valence electrons. The first kappa shape index (κ1) is 14.3. The van der Waals surface area contributed by atoms with Gasteiger partial charge in [0.2, 0.25) is 0 Å². The first-order valence-corrected chi connectivity index (χ1v) is 4.90. The second kappa shape index (κ2) is 5.44. The number of carbonyl (C=O) groups is 1. The summed E-state index contributed by atoms with van der Waals surface area (Å²) in [5.41, 5.74) is -1.71. The Morgan fingerprint density at radius 1 is 1.40 bits per heavy atom. The predicted octanol–water partition coefficient (Wildman–Crippen LogP) is 0.227. The monoisotopic (exact) mass is 219 g/mol. The van der Waals surface area contributed by atoms with E-state index in [-0.39, 0.29) is 6.61 Å². The van der Waals surface area contributed by atoms with Crippen LogP contribution in [0.4, 0.5) is 0 Å². The predicted molar refractivity (Wildman–Crippen MR) is 56.8 cm³/mol. The number of rotatable bonds is 7. The van der Waals surface area contributed by atoms with Gasteiger partial charge in [0.25, 0.3) is 0 Å². The molecule has 0 aromatic rings. The summed E-state index contributed by atoms with van der Waals surface area (Å²) in [5.74, 6) is -0.943. The lowest BCUT2D eigenvalue weighted by Gasteiger charge is -2.35. The Hall–Kier alpha value is -0.650. The SMILES string of the molecule is COCCC(C)(NC(C)(C)CO)C(=O)O. The van der Waals surface area contributed by atoms with Crippen LogP contribution in [0.5, 0.6) is 0 Å². The second-order valence-corrected chi connectivity index (χ2v) is 4.55. The fourth-order valence-electron chi connectivity index (χ4n) is 1.32. The van der Waals surface area contributed by atoms with Gasteiger partial charge >= 0.3 is 5.97 Å². The normalized spacial score (nSPS) is 16.1. The highest BCUT2D eigenvalue weighted by atomic mass is 16.5. The van der Waals surface area contributed by atoms with Crippen molar-refractivity contribution in [2.24, 2.45) is 0 Å². The molecule has 0 aliphatic heterocycles. The lowest BCUT2D eigenvalue weighted by Crippen LogP contribution is -2.60. The van der Waals surface area contributed by atoms with Crippen LogP contribution in [0, 0.1) is 0 Å². The highest BCUT2D eigenvalue weighted by molar-refractivity contribution is 5.78. The lowest BCUT2D eigenvalue weighted by molar-refractivity contribution is -0.146. The van der Waals surface area contributed by atoms with Gasteiger partial charge in [0.05, 0.1) is 6.61 Å². The van der Waals surface area contributed by atoms with Crippen LogP contribution in [0.25, 0.3) is 0 Å². The molecule has 0 spiro atoms. The Bertz CT molecular complexity index is 217. The van der Waals surface area contributed by atoms with Crippen LogP contribution in [-0.4, -0.2) is 47.6 Å². The highest BCUT2D eigenvalue weighted by Gasteiger charge is 2.37. The molecule has 15 heavy (non-hydrogen) atoms. The van der Waals surface area contributed by atoms with Gasteiger partial charge in [-0.3, -0.25) is 10.1 Å². The van der Waals surface area contributed by atoms with Crippen LogP contribution < -0.4 is 5.32 Å². The minimum atomic E-state index is -1.08. The van der Waals surface area contributed by atoms with Gasteiger partial charge in [-0.2, -0.15) is 0 Å². The average molecular weight is 219 g/mol. The maximum Gasteiger partial charge on any atom is 0.323 e. The summed E-state index contributed by atoms with van der Waals surface area (Å²) in [5, 5.41) is 21.1. The fraction of sp³-hybridized carbons (Fsp3) is 0.900. The standard InChI is InChI=1S/C10H21NO4/c1-9(2,7-12)11-10(3,8(13)14)5-6-15-4/h11-12H,5-7H2,1-4H3,(H,13,14). The summed E-state index contributed by atoms with van der Waals surface area (Å²) in [6.07, 6.45) is 0.349. The molecule has 3 N–H and O–H groups in total. The number of carboxylic acids is 1. The van der Waals surface area contributed by atoms with Crippen LogP contribution in [0.15, 0.2) is 0 Å². The van der Waals surface area contributed by atoms with Crippen molar-refractivity contribution in [3.8, 4) is 0 Å². The molecule has 0 saturated heterocycles. The molecule has 0 bridgehead atoms. The molecule has 1 unspecified atom stereocenters. The van der Waals surface area contributed by atoms with E-state index in [2.05, 4.69) is 5.32 Å². The van der Waals surface area contributed by atoms with Crippen molar-refractivity contribution in [1.82, 2.24) is 5.32 Å². The van der Waals surface area contributed by atoms with Crippen molar-refractivity contribution < 1.29 is 19.7 Å². The van der Waals surface area contributed by atoms with Gasteiger partial charge in [-0.25, -0.2) is 0 Å². The number of hydrogen-bond donors (Lipinski definition) is 3. The second-order valence-electron chi connectivity index (χ2n) is 4.55. The molecule has 0 saturated carbocycles. The molecule has 5 nitrogen and oxygen atoms in total. The largest absolute Gasteiger partial charge is 0.480 e. The quantitative estimate of drug-likeness (QED) is 0.571. The maximum atomic E-state index is 11.1. The Kier molecular flexibility index (Phi) is 5.20. The maximum absolute atomic E-state index is 11.1. The third-order valence-electron chi connectivity index (χ3n) is 2.29. The zero-order chi connectivity index (χ0) is 12.1. The van der Waals surface area contributed by atoms with E-state index < -0.39 is 17.0 Å². The van der Waals surface area contributed by atoms with Gasteiger partial charge in [0.1, 0.15) is 5.54 Å². The van der Waals surface area contributed by atoms with Crippen LogP contribution in [0.1, 0.15) is 27.2 Å². The number of hydrogen-bond acceptors (Lipinski definition) is 4. The zero-order valence-corrected chi connectivity index (χ0v) is 9.83. The van der Waals surface area contributed by atoms with Crippen molar-refractivity contribution in [3.63, 3.8) is 0 Å². The number of aliphatic hydroxyl groups is 1. The number of carboxylic acid groups (broad SMARTS) is 1. The van der Waals surface area contributed by atoms with Gasteiger partial charge in [0, 0.05) is 19.3 Å². The lowest BCUT2D eigenvalue weighted by atomic mass is 9.93. The Morgan fingerprint density at radius 2 is 1.93 bits per heavy atom. The molecule has 0 aromatic carbocycles. The summed E-state index contributed by atoms with van der Waals surface area (Å²) in [4.78, 5) is 11.1. The van der Waals surface area contributed by atoms with E-state index in [1.54, 1.807) is 20.8 Å². The molecule has 5 heteroatoms. The number of nitrogens with one attached hydrogen (secondary N) is 1. The van der Waals surface area contributed by atoms with Gasteiger partial charge in [0.15, 0.2) is 0 Å². The Labute approximate surface area is 90.4 Å². The van der Waals surface area contributed by atoms with Crippen LogP contribution in [-0.2, 0) is 9.53 Å². The van der Waals surface area contributed by atoms with Crippen molar-refractivity contribution >= 4 is 5.97 Å². The summed E-state index contributed by atoms with van der Waals surface area (Å²) < 4.78 is 4.87. The molecule has 0 rings (SSSR count). The Morgan fingerprint density at radius 3 is 2.27 bits per heavy atom.